The zero-order valence-electron chi connectivity index (χ0n) is 13.7. The van der Waals surface area contributed by atoms with E-state index in [1.807, 2.05) is 49.0 Å². The molecule has 4 aliphatic rings. The van der Waals surface area contributed by atoms with E-state index in [1.54, 1.807) is 0 Å². The fourth-order valence-electron chi connectivity index (χ4n) is 4.88. The quantitative estimate of drug-likeness (QED) is 0.892. The second-order valence-electron chi connectivity index (χ2n) is 8.11. The van der Waals surface area contributed by atoms with Crippen LogP contribution in [0.15, 0.2) is 30.3 Å². The third-order valence-electron chi connectivity index (χ3n) is 6.61. The Kier molecular flexibility index (Phi) is 3.41. The lowest BCUT2D eigenvalue weighted by Gasteiger charge is -2.64. The highest BCUT2D eigenvalue weighted by Crippen LogP contribution is 2.65. The van der Waals surface area contributed by atoms with Crippen molar-refractivity contribution in [3.63, 3.8) is 0 Å². The van der Waals surface area contributed by atoms with Crippen molar-refractivity contribution in [2.75, 3.05) is 6.61 Å². The van der Waals surface area contributed by atoms with E-state index in [0.717, 1.165) is 24.0 Å². The first-order valence-electron chi connectivity index (χ1n) is 8.45. The van der Waals surface area contributed by atoms with Gasteiger partial charge >= 0.3 is 0 Å². The number of hydrogen-bond acceptors (Lipinski definition) is 3. The summed E-state index contributed by atoms with van der Waals surface area (Å²) in [7, 11) is 0. The van der Waals surface area contributed by atoms with E-state index in [9.17, 15) is 5.11 Å². The Balaban J connectivity index is 1.52. The summed E-state index contributed by atoms with van der Waals surface area (Å²) in [6.07, 6.45) is 2.68. The van der Waals surface area contributed by atoms with Crippen molar-refractivity contribution in [3.05, 3.63) is 35.9 Å². The van der Waals surface area contributed by atoms with Gasteiger partial charge < -0.3 is 9.84 Å². The zero-order valence-corrected chi connectivity index (χ0v) is 14.5. The second kappa shape index (κ2) is 4.99. The van der Waals surface area contributed by atoms with Crippen LogP contribution >= 0.6 is 11.8 Å². The van der Waals surface area contributed by atoms with Crippen molar-refractivity contribution in [2.45, 2.75) is 49.9 Å². The first-order valence-corrected chi connectivity index (χ1v) is 9.40. The van der Waals surface area contributed by atoms with E-state index < -0.39 is 5.60 Å². The van der Waals surface area contributed by atoms with E-state index in [4.69, 9.17) is 4.74 Å². The maximum absolute atomic E-state index is 11.0. The van der Waals surface area contributed by atoms with Gasteiger partial charge in [-0.15, -0.1) is 11.8 Å². The number of rotatable bonds is 2. The number of aliphatic hydroxyl groups is 1. The molecule has 1 unspecified atom stereocenters. The van der Waals surface area contributed by atoms with Gasteiger partial charge in [0.05, 0.1) is 6.61 Å². The first kappa shape index (κ1) is 15.0. The van der Waals surface area contributed by atoms with Gasteiger partial charge in [-0.1, -0.05) is 44.2 Å². The molecule has 120 valence electrons. The van der Waals surface area contributed by atoms with E-state index in [-0.39, 0.29) is 5.44 Å². The van der Waals surface area contributed by atoms with Crippen LogP contribution in [-0.4, -0.2) is 22.4 Å². The SMILES string of the molecule is CC1(C)[C@H]2C[C@@H]3SC([C@@](C)(O)c4ccccc4)OC[C@H]3[C@@H]1C2. The summed E-state index contributed by atoms with van der Waals surface area (Å²) < 4.78 is 6.17. The van der Waals surface area contributed by atoms with Gasteiger partial charge in [-0.3, -0.25) is 0 Å². The van der Waals surface area contributed by atoms with Gasteiger partial charge in [0.15, 0.2) is 0 Å². The molecule has 1 saturated heterocycles. The topological polar surface area (TPSA) is 29.5 Å². The maximum Gasteiger partial charge on any atom is 0.136 e. The fourth-order valence-corrected chi connectivity index (χ4v) is 6.57. The molecule has 1 aromatic rings. The minimum atomic E-state index is -0.923. The highest BCUT2D eigenvalue weighted by atomic mass is 32.2. The molecule has 1 aromatic carbocycles. The summed E-state index contributed by atoms with van der Waals surface area (Å²) in [6.45, 7) is 7.57. The van der Waals surface area contributed by atoms with Gasteiger partial charge in [0, 0.05) is 5.25 Å². The van der Waals surface area contributed by atoms with Crippen LogP contribution in [0, 0.1) is 23.2 Å². The Morgan fingerprint density at radius 3 is 2.64 bits per heavy atom. The summed E-state index contributed by atoms with van der Waals surface area (Å²) in [6, 6.07) is 9.95. The lowest BCUT2D eigenvalue weighted by Crippen LogP contribution is -2.60. The van der Waals surface area contributed by atoms with Gasteiger partial charge in [-0.05, 0) is 48.5 Å². The van der Waals surface area contributed by atoms with Gasteiger partial charge in [0.25, 0.3) is 0 Å². The van der Waals surface area contributed by atoms with Crippen molar-refractivity contribution in [1.82, 2.24) is 0 Å². The summed E-state index contributed by atoms with van der Waals surface area (Å²) >= 11 is 1.88. The van der Waals surface area contributed by atoms with Gasteiger partial charge in [-0.2, -0.15) is 0 Å². The van der Waals surface area contributed by atoms with E-state index >= 15 is 0 Å². The lowest BCUT2D eigenvalue weighted by molar-refractivity contribution is -0.146. The molecule has 4 fully saturated rings. The standard InChI is InChI=1S/C19H26O2S/c1-18(2)13-9-15(18)14-11-21-17(22-16(14)10-13)19(3,20)12-7-5-4-6-8-12/h4-8,13-17,20H,9-11H2,1-3H3/t13-,14+,15+,16+,17?,19+/m1/s1. The van der Waals surface area contributed by atoms with Crippen LogP contribution < -0.4 is 0 Å². The summed E-state index contributed by atoms with van der Waals surface area (Å²) in [5.41, 5.74) is 0.373. The highest BCUT2D eigenvalue weighted by Gasteiger charge is 2.60. The molecule has 0 aromatic heterocycles. The van der Waals surface area contributed by atoms with Crippen LogP contribution in [0.5, 0.6) is 0 Å². The molecule has 0 radical (unpaired) electrons. The van der Waals surface area contributed by atoms with Crippen LogP contribution in [0.2, 0.25) is 0 Å². The van der Waals surface area contributed by atoms with Crippen molar-refractivity contribution >= 4 is 11.8 Å². The molecule has 0 amide bonds. The van der Waals surface area contributed by atoms with Crippen molar-refractivity contribution in [2.24, 2.45) is 23.2 Å². The van der Waals surface area contributed by atoms with Crippen LogP contribution in [0.4, 0.5) is 0 Å². The highest BCUT2D eigenvalue weighted by molar-refractivity contribution is 8.00. The predicted octanol–water partition coefficient (Wildman–Crippen LogP) is 4.03. The lowest BCUT2D eigenvalue weighted by atomic mass is 9.45. The number of hydrogen-bond donors (Lipinski definition) is 1. The molecule has 2 bridgehead atoms. The third kappa shape index (κ3) is 2.09. The van der Waals surface area contributed by atoms with E-state index in [0.29, 0.717) is 16.6 Å². The fraction of sp³-hybridized carbons (Fsp3) is 0.684. The molecule has 3 saturated carbocycles. The molecule has 2 nitrogen and oxygen atoms in total. The van der Waals surface area contributed by atoms with Crippen LogP contribution in [0.3, 0.4) is 0 Å². The molecule has 3 heteroatoms. The van der Waals surface area contributed by atoms with Gasteiger partial charge in [0.1, 0.15) is 11.0 Å². The van der Waals surface area contributed by atoms with Gasteiger partial charge in [0.2, 0.25) is 0 Å². The van der Waals surface area contributed by atoms with Gasteiger partial charge in [-0.25, -0.2) is 0 Å². The first-order chi connectivity index (χ1) is 10.4. The Morgan fingerprint density at radius 2 is 1.95 bits per heavy atom. The minimum Gasteiger partial charge on any atom is -0.382 e. The molecule has 1 heterocycles. The summed E-state index contributed by atoms with van der Waals surface area (Å²) in [5.74, 6) is 2.35. The van der Waals surface area contributed by atoms with E-state index in [2.05, 4.69) is 13.8 Å². The minimum absolute atomic E-state index is 0.156. The second-order valence-corrected chi connectivity index (χ2v) is 9.42. The number of thioether (sulfide) groups is 1. The Bertz CT molecular complexity index is 554. The molecule has 6 atom stereocenters. The summed E-state index contributed by atoms with van der Waals surface area (Å²) in [5, 5.41) is 11.7. The van der Waals surface area contributed by atoms with Crippen molar-refractivity contribution < 1.29 is 9.84 Å². The Morgan fingerprint density at radius 1 is 1.23 bits per heavy atom. The monoisotopic (exact) mass is 318 g/mol. The maximum atomic E-state index is 11.0. The largest absolute Gasteiger partial charge is 0.382 e. The van der Waals surface area contributed by atoms with Crippen LogP contribution in [-0.2, 0) is 10.3 Å². The van der Waals surface area contributed by atoms with Crippen LogP contribution in [0.25, 0.3) is 0 Å². The molecule has 22 heavy (non-hydrogen) atoms. The molecule has 0 spiro atoms. The number of ether oxygens (including phenoxy) is 1. The molecule has 1 N–H and O–H groups in total. The van der Waals surface area contributed by atoms with E-state index in [1.165, 1.54) is 12.8 Å². The summed E-state index contributed by atoms with van der Waals surface area (Å²) in [4.78, 5) is 0. The molecular formula is C19H26O2S. The smallest absolute Gasteiger partial charge is 0.136 e. The molecule has 1 aliphatic heterocycles. The Labute approximate surface area is 137 Å². The molecule has 5 rings (SSSR count). The molecule has 3 aliphatic carbocycles. The van der Waals surface area contributed by atoms with Crippen molar-refractivity contribution in [3.8, 4) is 0 Å². The third-order valence-corrected chi connectivity index (χ3v) is 8.35. The average molecular weight is 318 g/mol. The zero-order chi connectivity index (χ0) is 15.5. The number of benzene rings is 1. The molecular weight excluding hydrogens is 292 g/mol. The normalized spacial score (nSPS) is 41.9. The van der Waals surface area contributed by atoms with Crippen LogP contribution in [0.1, 0.15) is 39.2 Å². The Hall–Kier alpha value is -0.510. The van der Waals surface area contributed by atoms with Crippen molar-refractivity contribution in [1.29, 1.82) is 0 Å². The predicted molar refractivity (Wildman–Crippen MR) is 90.6 cm³/mol. The average Bonchev–Trinajstić information content (AvgIpc) is 2.54.